The quantitative estimate of drug-likeness (QED) is 0.317. The van der Waals surface area contributed by atoms with Crippen LogP contribution in [0.3, 0.4) is 0 Å². The van der Waals surface area contributed by atoms with Crippen LogP contribution in [0.15, 0.2) is 42.9 Å². The minimum Gasteiger partial charge on any atom is -0.483 e. The van der Waals surface area contributed by atoms with Crippen molar-refractivity contribution in [3.63, 3.8) is 0 Å². The van der Waals surface area contributed by atoms with Gasteiger partial charge in [-0.15, -0.1) is 0 Å². The molecule has 8 nitrogen and oxygen atoms in total. The summed E-state index contributed by atoms with van der Waals surface area (Å²) in [5.74, 6) is 0.373. The van der Waals surface area contributed by atoms with Crippen molar-refractivity contribution in [1.82, 2.24) is 20.2 Å². The second-order valence-corrected chi connectivity index (χ2v) is 12.8. The molecule has 5 rings (SSSR count). The van der Waals surface area contributed by atoms with Gasteiger partial charge in [-0.1, -0.05) is 30.1 Å². The Labute approximate surface area is 223 Å². The molecule has 4 aromatic rings. The number of nitrogens with zero attached hydrogens (tertiary/aromatic N) is 4. The Morgan fingerprint density at radius 2 is 1.89 bits per heavy atom. The average Bonchev–Trinajstić information content (AvgIpc) is 3.19. The summed E-state index contributed by atoms with van der Waals surface area (Å²) in [6.45, 7) is 4.92. The number of H-pyrrole nitrogens is 1. The summed E-state index contributed by atoms with van der Waals surface area (Å²) in [4.78, 5) is 10.5. The first-order chi connectivity index (χ1) is 17.4. The number of rotatable bonds is 7. The first-order valence-corrected chi connectivity index (χ1v) is 14.3. The summed E-state index contributed by atoms with van der Waals surface area (Å²) < 4.78 is 44.1. The number of hydrogen-bond donors (Lipinski definition) is 1. The number of fused-ring (bicyclic) bond motifs is 1. The Kier molecular flexibility index (Phi) is 6.54. The third-order valence-electron chi connectivity index (χ3n) is 6.32. The van der Waals surface area contributed by atoms with Crippen LogP contribution in [0.2, 0.25) is 10.0 Å². The van der Waals surface area contributed by atoms with Crippen molar-refractivity contribution in [3.8, 4) is 17.0 Å². The van der Waals surface area contributed by atoms with Crippen molar-refractivity contribution >= 4 is 49.8 Å². The SMILES string of the molecule is C[C@@H](Oc1cc2c(-c3ccc(N4CC(C)(CS(C)(=O)=O)C4)nc3)n[nH]c2cc1F)c1c(Cl)cncc1Cl. The first-order valence-electron chi connectivity index (χ1n) is 11.4. The van der Waals surface area contributed by atoms with Crippen LogP contribution in [0.4, 0.5) is 10.2 Å². The van der Waals surface area contributed by atoms with E-state index in [1.54, 1.807) is 19.2 Å². The molecule has 12 heteroatoms. The molecule has 0 radical (unpaired) electrons. The van der Waals surface area contributed by atoms with E-state index in [1.807, 2.05) is 24.0 Å². The number of pyridine rings is 2. The number of aromatic nitrogens is 4. The number of ether oxygens (including phenoxy) is 1. The number of benzene rings is 1. The van der Waals surface area contributed by atoms with Crippen molar-refractivity contribution in [3.05, 3.63) is 64.3 Å². The van der Waals surface area contributed by atoms with E-state index in [0.717, 1.165) is 11.4 Å². The number of nitrogens with one attached hydrogen (secondary N) is 1. The van der Waals surface area contributed by atoms with Gasteiger partial charge < -0.3 is 9.64 Å². The third-order valence-corrected chi connectivity index (χ3v) is 8.14. The van der Waals surface area contributed by atoms with Crippen molar-refractivity contribution in [1.29, 1.82) is 0 Å². The van der Waals surface area contributed by atoms with E-state index in [1.165, 1.54) is 24.7 Å². The molecule has 1 fully saturated rings. The summed E-state index contributed by atoms with van der Waals surface area (Å²) in [5, 5.41) is 8.55. The Balaban J connectivity index is 1.38. The van der Waals surface area contributed by atoms with E-state index in [2.05, 4.69) is 20.2 Å². The van der Waals surface area contributed by atoms with Gasteiger partial charge in [0.15, 0.2) is 11.6 Å². The lowest BCUT2D eigenvalue weighted by Crippen LogP contribution is -2.58. The summed E-state index contributed by atoms with van der Waals surface area (Å²) in [6.07, 6.45) is 5.24. The second-order valence-electron chi connectivity index (χ2n) is 9.82. The first kappa shape index (κ1) is 25.7. The molecule has 1 atom stereocenters. The van der Waals surface area contributed by atoms with Crippen molar-refractivity contribution < 1.29 is 17.5 Å². The zero-order chi connectivity index (χ0) is 26.5. The second kappa shape index (κ2) is 9.41. The van der Waals surface area contributed by atoms with E-state index in [4.69, 9.17) is 27.9 Å². The normalized spacial score (nSPS) is 16.0. The third kappa shape index (κ3) is 5.23. The number of halogens is 3. The summed E-state index contributed by atoms with van der Waals surface area (Å²) in [6, 6.07) is 6.66. The topological polar surface area (TPSA) is 101 Å². The molecule has 3 aromatic heterocycles. The molecule has 1 aromatic carbocycles. The molecular weight excluding hydrogens is 540 g/mol. The Morgan fingerprint density at radius 3 is 2.51 bits per heavy atom. The lowest BCUT2D eigenvalue weighted by molar-refractivity contribution is 0.217. The van der Waals surface area contributed by atoms with Crippen LogP contribution in [-0.4, -0.2) is 53.7 Å². The fourth-order valence-electron chi connectivity index (χ4n) is 4.86. The maximum absolute atomic E-state index is 14.9. The highest BCUT2D eigenvalue weighted by Crippen LogP contribution is 2.38. The lowest BCUT2D eigenvalue weighted by Gasteiger charge is -2.48. The predicted molar refractivity (Wildman–Crippen MR) is 143 cm³/mol. The highest BCUT2D eigenvalue weighted by Gasteiger charge is 2.41. The van der Waals surface area contributed by atoms with Gasteiger partial charge in [0, 0.05) is 65.9 Å². The van der Waals surface area contributed by atoms with E-state index < -0.39 is 21.8 Å². The molecular formula is C25H24Cl2FN5O3S. The molecule has 37 heavy (non-hydrogen) atoms. The van der Waals surface area contributed by atoms with Crippen LogP contribution >= 0.6 is 23.2 Å². The molecule has 194 valence electrons. The van der Waals surface area contributed by atoms with Crippen LogP contribution in [0.1, 0.15) is 25.5 Å². The van der Waals surface area contributed by atoms with Crippen LogP contribution in [0.5, 0.6) is 5.75 Å². The van der Waals surface area contributed by atoms with Gasteiger partial charge in [0.05, 0.1) is 21.3 Å². The summed E-state index contributed by atoms with van der Waals surface area (Å²) >= 11 is 12.5. The smallest absolute Gasteiger partial charge is 0.167 e. The van der Waals surface area contributed by atoms with E-state index in [0.29, 0.717) is 45.3 Å². The minimum absolute atomic E-state index is 0.0296. The summed E-state index contributed by atoms with van der Waals surface area (Å²) in [5.41, 5.74) is 2.08. The van der Waals surface area contributed by atoms with Crippen molar-refractivity contribution in [2.45, 2.75) is 20.0 Å². The Hall–Kier alpha value is -2.95. The maximum Gasteiger partial charge on any atom is 0.167 e. The van der Waals surface area contributed by atoms with Gasteiger partial charge in [-0.25, -0.2) is 17.8 Å². The van der Waals surface area contributed by atoms with Gasteiger partial charge in [0.2, 0.25) is 0 Å². The lowest BCUT2D eigenvalue weighted by atomic mass is 9.84. The monoisotopic (exact) mass is 563 g/mol. The minimum atomic E-state index is -3.05. The molecule has 1 saturated heterocycles. The molecule has 1 N–H and O–H groups in total. The highest BCUT2D eigenvalue weighted by molar-refractivity contribution is 7.90. The zero-order valence-corrected chi connectivity index (χ0v) is 22.6. The van der Waals surface area contributed by atoms with Crippen molar-refractivity contribution in [2.75, 3.05) is 30.0 Å². The number of anilines is 1. The van der Waals surface area contributed by atoms with E-state index >= 15 is 0 Å². The molecule has 1 aliphatic rings. The van der Waals surface area contributed by atoms with E-state index in [9.17, 15) is 12.8 Å². The number of hydrogen-bond acceptors (Lipinski definition) is 7. The predicted octanol–water partition coefficient (Wildman–Crippen LogP) is 5.48. The molecule has 0 bridgehead atoms. The van der Waals surface area contributed by atoms with E-state index in [-0.39, 0.29) is 16.9 Å². The summed E-state index contributed by atoms with van der Waals surface area (Å²) in [7, 11) is -3.05. The highest BCUT2D eigenvalue weighted by atomic mass is 35.5. The molecule has 1 aliphatic heterocycles. The largest absolute Gasteiger partial charge is 0.483 e. The van der Waals surface area contributed by atoms with Gasteiger partial charge >= 0.3 is 0 Å². The molecule has 0 aliphatic carbocycles. The molecule has 0 saturated carbocycles. The van der Waals surface area contributed by atoms with Crippen LogP contribution in [-0.2, 0) is 9.84 Å². The van der Waals surface area contributed by atoms with Crippen LogP contribution in [0.25, 0.3) is 22.2 Å². The Morgan fingerprint density at radius 1 is 1.19 bits per heavy atom. The maximum atomic E-state index is 14.9. The van der Waals surface area contributed by atoms with Gasteiger partial charge in [-0.2, -0.15) is 5.10 Å². The molecule has 0 amide bonds. The van der Waals surface area contributed by atoms with Crippen molar-refractivity contribution in [2.24, 2.45) is 5.41 Å². The fraction of sp³-hybridized carbons (Fsp3) is 0.320. The fourth-order valence-corrected chi connectivity index (χ4v) is 6.98. The van der Waals surface area contributed by atoms with Gasteiger partial charge in [-0.05, 0) is 25.1 Å². The standard InChI is InChI=1S/C25H24Cl2FN5O3S/c1-14(23-17(26)9-29-10-18(23)27)36-21-6-16-20(7-19(21)28)31-32-24(16)15-4-5-22(30-8-15)33-11-25(2,12-33)13-37(3,34)35/h4-10,14H,11-13H2,1-3H3,(H,31,32)/t14-/m1/s1. The van der Waals surface area contributed by atoms with Gasteiger partial charge in [-0.3, -0.25) is 10.1 Å². The molecule has 0 spiro atoms. The molecule has 0 unspecified atom stereocenters. The van der Waals surface area contributed by atoms with Gasteiger partial charge in [0.1, 0.15) is 27.5 Å². The molecule has 4 heterocycles. The Bertz CT molecular complexity index is 1570. The zero-order valence-electron chi connectivity index (χ0n) is 20.3. The number of sulfone groups is 1. The van der Waals surface area contributed by atoms with Gasteiger partial charge in [0.25, 0.3) is 0 Å². The number of aromatic amines is 1. The van der Waals surface area contributed by atoms with Crippen LogP contribution < -0.4 is 9.64 Å². The van der Waals surface area contributed by atoms with Crippen LogP contribution in [0, 0.1) is 11.2 Å². The average molecular weight is 564 g/mol.